The van der Waals surface area contributed by atoms with Gasteiger partial charge in [0.05, 0.1) is 6.61 Å². The first-order chi connectivity index (χ1) is 11.8. The summed E-state index contributed by atoms with van der Waals surface area (Å²) in [6.07, 6.45) is -0.554. The number of nitrogens with zero attached hydrogens (tertiary/aromatic N) is 3. The molecule has 0 fully saturated rings. The molecule has 2 rings (SSSR count). The maximum Gasteiger partial charge on any atom is 0.366 e. The summed E-state index contributed by atoms with van der Waals surface area (Å²) in [5.74, 6) is -1.17. The molecule has 2 unspecified atom stereocenters. The van der Waals surface area contributed by atoms with Crippen LogP contribution in [0.3, 0.4) is 0 Å². The van der Waals surface area contributed by atoms with E-state index in [4.69, 9.17) is 9.47 Å². The summed E-state index contributed by atoms with van der Waals surface area (Å²) < 4.78 is 10.7. The Morgan fingerprint density at radius 2 is 2.16 bits per heavy atom. The lowest BCUT2D eigenvalue weighted by atomic mass is 10.1. The van der Waals surface area contributed by atoms with Crippen LogP contribution in [0.25, 0.3) is 0 Å². The van der Waals surface area contributed by atoms with Crippen molar-refractivity contribution in [2.75, 3.05) is 11.5 Å². The summed E-state index contributed by atoms with van der Waals surface area (Å²) in [5.41, 5.74) is 0. The highest BCUT2D eigenvalue weighted by molar-refractivity contribution is 6.03. The monoisotopic (exact) mass is 351 g/mol. The van der Waals surface area contributed by atoms with Crippen molar-refractivity contribution in [1.29, 1.82) is 0 Å². The van der Waals surface area contributed by atoms with Gasteiger partial charge in [0, 0.05) is 6.07 Å². The van der Waals surface area contributed by atoms with Crippen LogP contribution in [0.2, 0.25) is 0 Å². The van der Waals surface area contributed by atoms with Gasteiger partial charge >= 0.3 is 11.8 Å². The molecular weight excluding hydrogens is 330 g/mol. The first-order valence-corrected chi connectivity index (χ1v) is 8.08. The van der Waals surface area contributed by atoms with E-state index in [9.17, 15) is 19.7 Å². The number of amides is 1. The van der Waals surface area contributed by atoms with Gasteiger partial charge in [-0.3, -0.25) is 9.69 Å². The Bertz CT molecular complexity index is 690. The van der Waals surface area contributed by atoms with E-state index in [1.807, 2.05) is 13.8 Å². The Kier molecular flexibility index (Phi) is 5.55. The normalized spacial score (nSPS) is 17.7. The first-order valence-electron chi connectivity index (χ1n) is 8.08. The molecule has 25 heavy (non-hydrogen) atoms. The molecule has 0 saturated heterocycles. The maximum atomic E-state index is 12.6. The lowest BCUT2D eigenvalue weighted by Gasteiger charge is -2.33. The summed E-state index contributed by atoms with van der Waals surface area (Å²) in [7, 11) is 0. The smallest absolute Gasteiger partial charge is 0.366 e. The number of aromatic nitrogens is 1. The highest BCUT2D eigenvalue weighted by Gasteiger charge is 2.43. The van der Waals surface area contributed by atoms with Crippen LogP contribution in [0, 0.1) is 16.0 Å². The number of carbonyl (C=O) groups excluding carboxylic acids is 2. The van der Waals surface area contributed by atoms with E-state index in [1.54, 1.807) is 13.8 Å². The molecule has 2 atom stereocenters. The van der Waals surface area contributed by atoms with Gasteiger partial charge in [0.2, 0.25) is 0 Å². The molecule has 0 saturated carbocycles. The number of nitro groups is 1. The van der Waals surface area contributed by atoms with Crippen LogP contribution >= 0.6 is 0 Å². The summed E-state index contributed by atoms with van der Waals surface area (Å²) in [6.45, 7) is 7.29. The topological polar surface area (TPSA) is 112 Å². The van der Waals surface area contributed by atoms with Crippen molar-refractivity contribution in [3.05, 3.63) is 22.2 Å². The van der Waals surface area contributed by atoms with Gasteiger partial charge in [-0.2, -0.15) is 0 Å². The van der Waals surface area contributed by atoms with E-state index in [1.165, 1.54) is 12.1 Å². The van der Waals surface area contributed by atoms with E-state index in [0.717, 1.165) is 4.90 Å². The van der Waals surface area contributed by atoms with Crippen LogP contribution in [0.5, 0.6) is 5.75 Å². The van der Waals surface area contributed by atoms with Crippen LogP contribution in [0.4, 0.5) is 11.6 Å². The molecule has 0 bridgehead atoms. The molecular formula is C16H21N3O6. The average molecular weight is 351 g/mol. The van der Waals surface area contributed by atoms with Gasteiger partial charge in [0.25, 0.3) is 11.7 Å². The quantitative estimate of drug-likeness (QED) is 0.438. The van der Waals surface area contributed by atoms with Gasteiger partial charge in [0.1, 0.15) is 6.04 Å². The number of esters is 1. The Morgan fingerprint density at radius 3 is 2.72 bits per heavy atom. The minimum atomic E-state index is -0.925. The van der Waals surface area contributed by atoms with Crippen molar-refractivity contribution < 1.29 is 24.0 Å². The van der Waals surface area contributed by atoms with E-state index < -0.39 is 34.8 Å². The first kappa shape index (κ1) is 18.6. The zero-order valence-electron chi connectivity index (χ0n) is 14.6. The van der Waals surface area contributed by atoms with Gasteiger partial charge in [0.15, 0.2) is 11.9 Å². The Labute approximate surface area is 145 Å². The number of ether oxygens (including phenoxy) is 2. The van der Waals surface area contributed by atoms with Crippen LogP contribution in [0.1, 0.15) is 34.1 Å². The fraction of sp³-hybridized carbons (Fsp3) is 0.562. The zero-order valence-corrected chi connectivity index (χ0v) is 14.6. The van der Waals surface area contributed by atoms with Crippen LogP contribution < -0.4 is 9.64 Å². The number of carbonyl (C=O) groups is 2. The third-order valence-electron chi connectivity index (χ3n) is 3.66. The molecule has 136 valence electrons. The minimum Gasteiger partial charge on any atom is -0.475 e. The molecule has 1 amide bonds. The molecule has 1 aliphatic rings. The van der Waals surface area contributed by atoms with Crippen molar-refractivity contribution in [1.82, 2.24) is 4.98 Å². The predicted molar refractivity (Wildman–Crippen MR) is 88.3 cm³/mol. The van der Waals surface area contributed by atoms with E-state index in [0.29, 0.717) is 0 Å². The van der Waals surface area contributed by atoms with Gasteiger partial charge < -0.3 is 19.6 Å². The molecule has 1 aromatic rings. The van der Waals surface area contributed by atoms with Crippen molar-refractivity contribution in [3.63, 3.8) is 0 Å². The Morgan fingerprint density at radius 1 is 1.48 bits per heavy atom. The lowest BCUT2D eigenvalue weighted by molar-refractivity contribution is -0.389. The SMILES string of the molecule is CCC(C(=O)OCC(C)C)N1C(=O)C(C)Oc2ccc([N+](=O)[O-])nc21. The second kappa shape index (κ2) is 7.45. The molecule has 0 N–H and O–H groups in total. The second-order valence-electron chi connectivity index (χ2n) is 6.16. The third kappa shape index (κ3) is 3.86. The van der Waals surface area contributed by atoms with E-state index >= 15 is 0 Å². The molecule has 9 nitrogen and oxygen atoms in total. The van der Waals surface area contributed by atoms with Gasteiger partial charge in [-0.1, -0.05) is 20.8 Å². The van der Waals surface area contributed by atoms with Crippen molar-refractivity contribution in [3.8, 4) is 5.75 Å². The van der Waals surface area contributed by atoms with Gasteiger partial charge in [-0.05, 0) is 35.2 Å². The summed E-state index contributed by atoms with van der Waals surface area (Å²) >= 11 is 0. The van der Waals surface area contributed by atoms with Crippen LogP contribution in [-0.4, -0.2) is 40.5 Å². The number of fused-ring (bicyclic) bond motifs is 1. The number of hydrogen-bond donors (Lipinski definition) is 0. The summed E-state index contributed by atoms with van der Waals surface area (Å²) in [4.78, 5) is 40.4. The summed E-state index contributed by atoms with van der Waals surface area (Å²) in [6, 6.07) is 1.64. The van der Waals surface area contributed by atoms with Gasteiger partial charge in [-0.25, -0.2) is 4.79 Å². The van der Waals surface area contributed by atoms with Crippen LogP contribution in [0.15, 0.2) is 12.1 Å². The Balaban J connectivity index is 2.43. The number of anilines is 1. The molecule has 0 radical (unpaired) electrons. The highest BCUT2D eigenvalue weighted by Crippen LogP contribution is 2.36. The number of rotatable bonds is 6. The zero-order chi connectivity index (χ0) is 18.7. The highest BCUT2D eigenvalue weighted by atomic mass is 16.6. The van der Waals surface area contributed by atoms with Gasteiger partial charge in [-0.15, -0.1) is 0 Å². The van der Waals surface area contributed by atoms with Crippen molar-refractivity contribution >= 4 is 23.5 Å². The second-order valence-corrected chi connectivity index (χ2v) is 6.16. The molecule has 1 aromatic heterocycles. The van der Waals surface area contributed by atoms with E-state index in [-0.39, 0.29) is 30.5 Å². The largest absolute Gasteiger partial charge is 0.475 e. The van der Waals surface area contributed by atoms with E-state index in [2.05, 4.69) is 4.98 Å². The summed E-state index contributed by atoms with van der Waals surface area (Å²) in [5, 5.41) is 11.0. The number of hydrogen-bond acceptors (Lipinski definition) is 7. The molecule has 0 aromatic carbocycles. The maximum absolute atomic E-state index is 12.6. The van der Waals surface area contributed by atoms with Crippen LogP contribution in [-0.2, 0) is 14.3 Å². The lowest BCUT2D eigenvalue weighted by Crippen LogP contribution is -2.53. The standard InChI is InChI=1S/C16H21N3O6/c1-5-11(16(21)24-8-9(2)3)18-14-12(25-10(4)15(18)20)6-7-13(17-14)19(22)23/h6-7,9-11H,5,8H2,1-4H3. The average Bonchev–Trinajstić information content (AvgIpc) is 2.56. The third-order valence-corrected chi connectivity index (χ3v) is 3.66. The predicted octanol–water partition coefficient (Wildman–Crippen LogP) is 2.08. The molecule has 1 aliphatic heterocycles. The molecule has 9 heteroatoms. The van der Waals surface area contributed by atoms with Crippen molar-refractivity contribution in [2.45, 2.75) is 46.3 Å². The molecule has 0 spiro atoms. The Hall–Kier alpha value is -2.71. The fourth-order valence-corrected chi connectivity index (χ4v) is 2.43. The minimum absolute atomic E-state index is 0.0364. The number of pyridine rings is 1. The fourth-order valence-electron chi connectivity index (χ4n) is 2.43. The molecule has 2 heterocycles. The van der Waals surface area contributed by atoms with Crippen molar-refractivity contribution in [2.24, 2.45) is 5.92 Å². The molecule has 0 aliphatic carbocycles.